The van der Waals surface area contributed by atoms with Gasteiger partial charge in [0.25, 0.3) is 0 Å². The number of anilines is 1. The van der Waals surface area contributed by atoms with Crippen LogP contribution in [0.3, 0.4) is 0 Å². The van der Waals surface area contributed by atoms with E-state index >= 15 is 0 Å². The van der Waals surface area contributed by atoms with Gasteiger partial charge in [-0.2, -0.15) is 0 Å². The van der Waals surface area contributed by atoms with Crippen LogP contribution in [0.5, 0.6) is 11.6 Å². The smallest absolute Gasteiger partial charge is 0.306 e. The van der Waals surface area contributed by atoms with E-state index in [0.29, 0.717) is 24.3 Å². The number of piperidine rings is 1. The zero-order chi connectivity index (χ0) is 25.2. The van der Waals surface area contributed by atoms with Gasteiger partial charge in [-0.25, -0.2) is 4.98 Å². The van der Waals surface area contributed by atoms with Crippen molar-refractivity contribution in [2.75, 3.05) is 31.7 Å². The number of nitrogens with zero attached hydrogens (tertiary/aromatic N) is 2. The van der Waals surface area contributed by atoms with Crippen molar-refractivity contribution >= 4 is 17.4 Å². The highest BCUT2D eigenvalue weighted by Crippen LogP contribution is 2.47. The molecule has 7 heteroatoms. The standard InChI is InChI=1S/C29H36N2O5/c1-18(29(33)34)27(20-3-4-20)22-9-12-30-26(15-22)36-17-19-10-13-31(14-11-19)25-16-23(35-2)7-8-24(25)28(32)21-5-6-21/h7-9,12,15-16,18-21,27H,3-6,10-11,13-14,17H2,1-2H3,(H,33,34)/t18-,27-/m0/s1. The number of pyridine rings is 1. The first-order valence-electron chi connectivity index (χ1n) is 13.2. The van der Waals surface area contributed by atoms with Crippen LogP contribution in [0.25, 0.3) is 0 Å². The molecule has 2 heterocycles. The lowest BCUT2D eigenvalue weighted by molar-refractivity contribution is -0.142. The maximum absolute atomic E-state index is 12.9. The van der Waals surface area contributed by atoms with Gasteiger partial charge in [0, 0.05) is 42.9 Å². The zero-order valence-electron chi connectivity index (χ0n) is 21.2. The van der Waals surface area contributed by atoms with Crippen LogP contribution < -0.4 is 14.4 Å². The lowest BCUT2D eigenvalue weighted by atomic mass is 9.84. The second-order valence-corrected chi connectivity index (χ2v) is 10.7. The van der Waals surface area contributed by atoms with E-state index in [0.717, 1.165) is 74.2 Å². The first-order valence-corrected chi connectivity index (χ1v) is 13.2. The molecule has 0 amide bonds. The van der Waals surface area contributed by atoms with Crippen LogP contribution in [0, 0.1) is 23.7 Å². The molecule has 192 valence electrons. The molecule has 1 saturated heterocycles. The third-order valence-electron chi connectivity index (χ3n) is 8.04. The van der Waals surface area contributed by atoms with Crippen LogP contribution in [0.1, 0.15) is 67.3 Å². The molecule has 2 saturated carbocycles. The van der Waals surface area contributed by atoms with Crippen molar-refractivity contribution in [1.29, 1.82) is 0 Å². The number of ether oxygens (including phenoxy) is 2. The van der Waals surface area contributed by atoms with E-state index in [9.17, 15) is 14.7 Å². The summed E-state index contributed by atoms with van der Waals surface area (Å²) < 4.78 is 11.5. The minimum Gasteiger partial charge on any atom is -0.497 e. The average molecular weight is 493 g/mol. The fourth-order valence-electron chi connectivity index (χ4n) is 5.51. The van der Waals surface area contributed by atoms with Crippen LogP contribution >= 0.6 is 0 Å². The zero-order valence-corrected chi connectivity index (χ0v) is 21.2. The van der Waals surface area contributed by atoms with Crippen molar-refractivity contribution in [3.8, 4) is 11.6 Å². The Morgan fingerprint density at radius 2 is 1.83 bits per heavy atom. The quantitative estimate of drug-likeness (QED) is 0.432. The number of aromatic nitrogens is 1. The van der Waals surface area contributed by atoms with Crippen LogP contribution in [-0.2, 0) is 4.79 Å². The Bertz CT molecular complexity index is 1100. The van der Waals surface area contributed by atoms with Crippen molar-refractivity contribution in [2.24, 2.45) is 23.7 Å². The number of hydrogen-bond acceptors (Lipinski definition) is 6. The number of Topliss-reactive ketones (excluding diaryl/α,β-unsaturated/α-hetero) is 1. The van der Waals surface area contributed by atoms with E-state index in [2.05, 4.69) is 9.88 Å². The summed E-state index contributed by atoms with van der Waals surface area (Å²) >= 11 is 0. The summed E-state index contributed by atoms with van der Waals surface area (Å²) in [5, 5.41) is 9.57. The van der Waals surface area contributed by atoms with Crippen LogP contribution in [0.15, 0.2) is 36.5 Å². The molecule has 36 heavy (non-hydrogen) atoms. The molecule has 1 N–H and O–H groups in total. The minimum absolute atomic E-state index is 0.00602. The Kier molecular flexibility index (Phi) is 7.17. The molecule has 0 unspecified atom stereocenters. The summed E-state index contributed by atoms with van der Waals surface area (Å²) in [6.07, 6.45) is 7.83. The van der Waals surface area contributed by atoms with Gasteiger partial charge in [0.1, 0.15) is 5.75 Å². The second kappa shape index (κ2) is 10.5. The molecular weight excluding hydrogens is 456 g/mol. The Morgan fingerprint density at radius 3 is 2.47 bits per heavy atom. The number of carbonyl (C=O) groups is 2. The van der Waals surface area contributed by atoms with Gasteiger partial charge in [-0.3, -0.25) is 9.59 Å². The molecular formula is C29H36N2O5. The number of carboxylic acids is 1. The van der Waals surface area contributed by atoms with Gasteiger partial charge in [0.05, 0.1) is 25.3 Å². The number of benzene rings is 1. The predicted molar refractivity (Wildman–Crippen MR) is 137 cm³/mol. The number of ketones is 1. The Hall–Kier alpha value is -3.09. The van der Waals surface area contributed by atoms with E-state index in [1.807, 2.05) is 30.3 Å². The molecule has 1 aromatic heterocycles. The van der Waals surface area contributed by atoms with Gasteiger partial charge in [-0.1, -0.05) is 6.92 Å². The van der Waals surface area contributed by atoms with Crippen molar-refractivity contribution in [2.45, 2.75) is 51.4 Å². The third-order valence-corrected chi connectivity index (χ3v) is 8.04. The molecule has 2 atom stereocenters. The number of methoxy groups -OCH3 is 1. The summed E-state index contributed by atoms with van der Waals surface area (Å²) in [6.45, 7) is 4.10. The first kappa shape index (κ1) is 24.6. The molecule has 2 aliphatic carbocycles. The molecule has 0 radical (unpaired) electrons. The van der Waals surface area contributed by atoms with Gasteiger partial charge in [0.15, 0.2) is 5.78 Å². The number of aliphatic carboxylic acids is 1. The SMILES string of the molecule is COc1ccc(C(=O)C2CC2)c(N2CCC(COc3cc([C@H](C4CC4)[C@H](C)C(=O)O)ccn3)CC2)c1. The average Bonchev–Trinajstić information content (AvgIpc) is 3.82. The van der Waals surface area contributed by atoms with Gasteiger partial charge in [0.2, 0.25) is 5.88 Å². The van der Waals surface area contributed by atoms with Crippen LogP contribution in [0.4, 0.5) is 5.69 Å². The summed E-state index contributed by atoms with van der Waals surface area (Å²) in [5.74, 6) is 1.45. The van der Waals surface area contributed by atoms with Gasteiger partial charge in [-0.05, 0) is 80.0 Å². The van der Waals surface area contributed by atoms with E-state index in [-0.39, 0.29) is 17.6 Å². The molecule has 5 rings (SSSR count). The lowest BCUT2D eigenvalue weighted by Gasteiger charge is -2.34. The van der Waals surface area contributed by atoms with Gasteiger partial charge in [-0.15, -0.1) is 0 Å². The molecule has 0 spiro atoms. The van der Waals surface area contributed by atoms with E-state index in [4.69, 9.17) is 9.47 Å². The van der Waals surface area contributed by atoms with E-state index in [1.165, 1.54) is 0 Å². The predicted octanol–water partition coefficient (Wildman–Crippen LogP) is 5.19. The molecule has 1 aliphatic heterocycles. The normalized spacial score (nSPS) is 20.0. The number of hydrogen-bond donors (Lipinski definition) is 1. The van der Waals surface area contributed by atoms with Gasteiger partial charge < -0.3 is 19.5 Å². The van der Waals surface area contributed by atoms with Crippen molar-refractivity contribution in [3.63, 3.8) is 0 Å². The van der Waals surface area contributed by atoms with Crippen molar-refractivity contribution in [3.05, 3.63) is 47.7 Å². The van der Waals surface area contributed by atoms with Gasteiger partial charge >= 0.3 is 5.97 Å². The Morgan fingerprint density at radius 1 is 1.08 bits per heavy atom. The third kappa shape index (κ3) is 5.50. The highest BCUT2D eigenvalue weighted by molar-refractivity contribution is 6.04. The summed E-state index contributed by atoms with van der Waals surface area (Å²) in [4.78, 5) is 31.2. The van der Waals surface area contributed by atoms with E-state index < -0.39 is 11.9 Å². The maximum Gasteiger partial charge on any atom is 0.306 e. The highest BCUT2D eigenvalue weighted by atomic mass is 16.5. The molecule has 2 aromatic rings. The Labute approximate surface area is 212 Å². The number of carbonyl (C=O) groups excluding carboxylic acids is 1. The topological polar surface area (TPSA) is 89.0 Å². The summed E-state index contributed by atoms with van der Waals surface area (Å²) in [5.41, 5.74) is 2.81. The monoisotopic (exact) mass is 492 g/mol. The highest BCUT2D eigenvalue weighted by Gasteiger charge is 2.39. The molecule has 7 nitrogen and oxygen atoms in total. The largest absolute Gasteiger partial charge is 0.497 e. The molecule has 1 aromatic carbocycles. The van der Waals surface area contributed by atoms with E-state index in [1.54, 1.807) is 20.2 Å². The lowest BCUT2D eigenvalue weighted by Crippen LogP contribution is -2.36. The molecule has 3 aliphatic rings. The maximum atomic E-state index is 12.9. The minimum atomic E-state index is -0.754. The first-order chi connectivity index (χ1) is 17.4. The fraction of sp³-hybridized carbons (Fsp3) is 0.552. The second-order valence-electron chi connectivity index (χ2n) is 10.7. The van der Waals surface area contributed by atoms with Crippen LogP contribution in [-0.4, -0.2) is 48.6 Å². The molecule has 3 fully saturated rings. The fourth-order valence-corrected chi connectivity index (χ4v) is 5.51. The molecule has 0 bridgehead atoms. The summed E-state index contributed by atoms with van der Waals surface area (Å²) in [6, 6.07) is 9.66. The van der Waals surface area contributed by atoms with Crippen LogP contribution in [0.2, 0.25) is 0 Å². The Balaban J connectivity index is 1.20. The number of rotatable bonds is 11. The summed E-state index contributed by atoms with van der Waals surface area (Å²) in [7, 11) is 1.66. The van der Waals surface area contributed by atoms with Crippen molar-refractivity contribution < 1.29 is 24.2 Å². The van der Waals surface area contributed by atoms with Crippen molar-refractivity contribution in [1.82, 2.24) is 4.98 Å². The number of carboxylic acid groups (broad SMARTS) is 1.